The maximum atomic E-state index is 13.5. The number of carbonyl (C=O) groups excluding carboxylic acids is 5. The van der Waals surface area contributed by atoms with Crippen molar-refractivity contribution in [3.8, 4) is 0 Å². The van der Waals surface area contributed by atoms with Gasteiger partial charge in [0.25, 0.3) is 0 Å². The van der Waals surface area contributed by atoms with Gasteiger partial charge in [0, 0.05) is 6.92 Å². The number of ether oxygens (including phenoxy) is 6. The summed E-state index contributed by atoms with van der Waals surface area (Å²) in [6, 6.07) is 32.0. The Morgan fingerprint density at radius 3 is 1.26 bits per heavy atom. The van der Waals surface area contributed by atoms with Crippen LogP contribution in [0.25, 0.3) is 0 Å². The molecule has 1 aliphatic rings. The second kappa shape index (κ2) is 15.5. The average Bonchev–Trinajstić information content (AvgIpc) is 3.10. The Morgan fingerprint density at radius 1 is 0.489 bits per heavy atom. The highest BCUT2D eigenvalue weighted by molar-refractivity contribution is 5.91. The van der Waals surface area contributed by atoms with E-state index < -0.39 is 67.2 Å². The Bertz CT molecular complexity index is 1680. The molecule has 0 aliphatic carbocycles. The van der Waals surface area contributed by atoms with E-state index in [0.29, 0.717) is 0 Å². The molecule has 11 nitrogen and oxygen atoms in total. The molecule has 0 bridgehead atoms. The molecule has 5 rings (SSSR count). The van der Waals surface area contributed by atoms with Gasteiger partial charge < -0.3 is 28.4 Å². The number of rotatable bonds is 10. The molecule has 0 spiro atoms. The predicted molar refractivity (Wildman–Crippen MR) is 164 cm³/mol. The minimum atomic E-state index is -1.67. The Kier molecular flexibility index (Phi) is 10.7. The van der Waals surface area contributed by atoms with Crippen LogP contribution in [-0.2, 0) is 33.2 Å². The molecule has 5 atom stereocenters. The zero-order chi connectivity index (χ0) is 33.2. The van der Waals surface area contributed by atoms with Crippen LogP contribution in [0.2, 0.25) is 0 Å². The third kappa shape index (κ3) is 8.47. The highest BCUT2D eigenvalue weighted by Gasteiger charge is 2.54. The lowest BCUT2D eigenvalue weighted by atomic mass is 9.97. The van der Waals surface area contributed by atoms with E-state index in [1.165, 1.54) is 36.4 Å². The largest absolute Gasteiger partial charge is 0.459 e. The van der Waals surface area contributed by atoms with Crippen LogP contribution in [0, 0.1) is 0 Å². The first-order chi connectivity index (χ1) is 22.8. The lowest BCUT2D eigenvalue weighted by molar-refractivity contribution is -0.289. The third-order valence-corrected chi connectivity index (χ3v) is 7.02. The summed E-state index contributed by atoms with van der Waals surface area (Å²) in [6.07, 6.45) is -7.80. The summed E-state index contributed by atoms with van der Waals surface area (Å²) in [5.41, 5.74) is 0.662. The standard InChI is InChI=1S/C36H30O11/c1-23(37)43-36-31(47-35(41)27-20-12-5-13-21-27)30(46-34(40)26-18-10-4-11-19-26)29(45-33(39)25-16-8-3-9-17-25)28(44-36)22-42-32(38)24-14-6-2-7-15-24/h2-21,28-31,36H,22H2,1H3/t28-,29-,30+,31-,36-/m1/s1. The predicted octanol–water partition coefficient (Wildman–Crippen LogP) is 4.81. The van der Waals surface area contributed by atoms with Gasteiger partial charge in [0.1, 0.15) is 12.7 Å². The van der Waals surface area contributed by atoms with Gasteiger partial charge in [-0.15, -0.1) is 0 Å². The Hall–Kier alpha value is -5.81. The SMILES string of the molecule is CC(=O)O[C@@H]1O[C@H](COC(=O)c2ccccc2)[C@@H](OC(=O)c2ccccc2)[C@H](OC(=O)c2ccccc2)[C@H]1OC(=O)c1ccccc1. The maximum absolute atomic E-state index is 13.5. The van der Waals surface area contributed by atoms with Gasteiger partial charge in [-0.1, -0.05) is 72.8 Å². The van der Waals surface area contributed by atoms with Crippen molar-refractivity contribution < 1.29 is 52.4 Å². The fourth-order valence-corrected chi connectivity index (χ4v) is 4.79. The van der Waals surface area contributed by atoms with E-state index >= 15 is 0 Å². The highest BCUT2D eigenvalue weighted by Crippen LogP contribution is 2.32. The summed E-state index contributed by atoms with van der Waals surface area (Å²) >= 11 is 0. The van der Waals surface area contributed by atoms with E-state index in [-0.39, 0.29) is 22.3 Å². The lowest BCUT2D eigenvalue weighted by Gasteiger charge is -2.43. The highest BCUT2D eigenvalue weighted by atomic mass is 16.7. The van der Waals surface area contributed by atoms with E-state index in [9.17, 15) is 24.0 Å². The van der Waals surface area contributed by atoms with E-state index in [0.717, 1.165) is 6.92 Å². The zero-order valence-corrected chi connectivity index (χ0v) is 25.1. The van der Waals surface area contributed by atoms with Crippen LogP contribution in [-0.4, -0.2) is 67.2 Å². The number of benzene rings is 4. The summed E-state index contributed by atoms with van der Waals surface area (Å²) in [7, 11) is 0. The van der Waals surface area contributed by atoms with Crippen molar-refractivity contribution in [2.75, 3.05) is 6.61 Å². The molecule has 1 saturated heterocycles. The van der Waals surface area contributed by atoms with Gasteiger partial charge in [-0.2, -0.15) is 0 Å². The van der Waals surface area contributed by atoms with Gasteiger partial charge >= 0.3 is 29.8 Å². The second-order valence-electron chi connectivity index (χ2n) is 10.3. The molecule has 0 amide bonds. The Balaban J connectivity index is 1.54. The van der Waals surface area contributed by atoms with Gasteiger partial charge in [-0.25, -0.2) is 19.2 Å². The molecule has 240 valence electrons. The molecule has 11 heteroatoms. The van der Waals surface area contributed by atoms with Gasteiger partial charge in [-0.05, 0) is 48.5 Å². The van der Waals surface area contributed by atoms with Crippen LogP contribution in [0.4, 0.5) is 0 Å². The van der Waals surface area contributed by atoms with Gasteiger partial charge in [0.15, 0.2) is 12.2 Å². The van der Waals surface area contributed by atoms with Crippen molar-refractivity contribution in [1.82, 2.24) is 0 Å². The van der Waals surface area contributed by atoms with Gasteiger partial charge in [-0.3, -0.25) is 4.79 Å². The molecule has 0 radical (unpaired) electrons. The van der Waals surface area contributed by atoms with Crippen molar-refractivity contribution in [3.05, 3.63) is 144 Å². The lowest BCUT2D eigenvalue weighted by Crippen LogP contribution is -2.63. The molecular weight excluding hydrogens is 608 g/mol. The molecule has 1 aliphatic heterocycles. The fourth-order valence-electron chi connectivity index (χ4n) is 4.79. The van der Waals surface area contributed by atoms with Crippen molar-refractivity contribution in [2.45, 2.75) is 37.6 Å². The van der Waals surface area contributed by atoms with Crippen molar-refractivity contribution in [3.63, 3.8) is 0 Å². The Labute approximate surface area is 269 Å². The Morgan fingerprint density at radius 2 is 0.851 bits per heavy atom. The molecule has 47 heavy (non-hydrogen) atoms. The topological polar surface area (TPSA) is 141 Å². The van der Waals surface area contributed by atoms with Crippen molar-refractivity contribution in [1.29, 1.82) is 0 Å². The van der Waals surface area contributed by atoms with Crippen LogP contribution in [0.15, 0.2) is 121 Å². The molecule has 0 aromatic heterocycles. The van der Waals surface area contributed by atoms with Gasteiger partial charge in [0.2, 0.25) is 12.4 Å². The van der Waals surface area contributed by atoms with E-state index in [4.69, 9.17) is 28.4 Å². The summed E-state index contributed by atoms with van der Waals surface area (Å²) in [6.45, 7) is 0.577. The summed E-state index contributed by atoms with van der Waals surface area (Å²) < 4.78 is 34.5. The zero-order valence-electron chi connectivity index (χ0n) is 25.1. The smallest absolute Gasteiger partial charge is 0.338 e. The molecule has 4 aromatic rings. The molecule has 0 saturated carbocycles. The normalized spacial score (nSPS) is 20.2. The van der Waals surface area contributed by atoms with Crippen LogP contribution < -0.4 is 0 Å². The van der Waals surface area contributed by atoms with E-state index in [2.05, 4.69) is 0 Å². The van der Waals surface area contributed by atoms with Crippen LogP contribution in [0.5, 0.6) is 0 Å². The average molecular weight is 639 g/mol. The number of hydrogen-bond donors (Lipinski definition) is 0. The molecule has 0 N–H and O–H groups in total. The maximum Gasteiger partial charge on any atom is 0.338 e. The fraction of sp³-hybridized carbons (Fsp3) is 0.194. The first-order valence-electron chi connectivity index (χ1n) is 14.6. The minimum absolute atomic E-state index is 0.136. The summed E-state index contributed by atoms with van der Waals surface area (Å²) in [4.78, 5) is 65.3. The first kappa shape index (κ1) is 32.6. The molecule has 0 unspecified atom stereocenters. The van der Waals surface area contributed by atoms with Crippen LogP contribution in [0.3, 0.4) is 0 Å². The van der Waals surface area contributed by atoms with Crippen molar-refractivity contribution in [2.24, 2.45) is 0 Å². The minimum Gasteiger partial charge on any atom is -0.459 e. The molecule has 1 fully saturated rings. The first-order valence-corrected chi connectivity index (χ1v) is 14.6. The quantitative estimate of drug-likeness (QED) is 0.175. The second-order valence-corrected chi connectivity index (χ2v) is 10.3. The van der Waals surface area contributed by atoms with E-state index in [1.807, 2.05) is 0 Å². The molecular formula is C36H30O11. The third-order valence-electron chi connectivity index (χ3n) is 7.02. The number of hydrogen-bond acceptors (Lipinski definition) is 11. The van der Waals surface area contributed by atoms with Crippen LogP contribution >= 0.6 is 0 Å². The molecule has 1 heterocycles. The van der Waals surface area contributed by atoms with Crippen LogP contribution in [0.1, 0.15) is 48.4 Å². The monoisotopic (exact) mass is 638 g/mol. The number of carbonyl (C=O) groups is 5. The van der Waals surface area contributed by atoms with E-state index in [1.54, 1.807) is 84.9 Å². The summed E-state index contributed by atoms with van der Waals surface area (Å²) in [5.74, 6) is -4.09. The molecule has 4 aromatic carbocycles. The van der Waals surface area contributed by atoms with Crippen molar-refractivity contribution >= 4 is 29.8 Å². The summed E-state index contributed by atoms with van der Waals surface area (Å²) in [5, 5.41) is 0. The van der Waals surface area contributed by atoms with Gasteiger partial charge in [0.05, 0.1) is 22.3 Å². The number of esters is 5.